The largest absolute Gasteiger partial charge is 0.344 e. The lowest BCUT2D eigenvalue weighted by atomic mass is 10.1. The van der Waals surface area contributed by atoms with Gasteiger partial charge < -0.3 is 5.32 Å². The molecule has 0 aliphatic rings. The summed E-state index contributed by atoms with van der Waals surface area (Å²) in [5.74, 6) is 0.378. The lowest BCUT2D eigenvalue weighted by molar-refractivity contribution is 0.613. The van der Waals surface area contributed by atoms with Crippen molar-refractivity contribution in [2.45, 2.75) is 13.0 Å². The van der Waals surface area contributed by atoms with Crippen molar-refractivity contribution >= 4 is 29.2 Å². The average molecular weight is 364 g/mol. The van der Waals surface area contributed by atoms with Gasteiger partial charge in [0, 0.05) is 18.0 Å². The van der Waals surface area contributed by atoms with Crippen LogP contribution in [0.3, 0.4) is 0 Å². The van der Waals surface area contributed by atoms with Gasteiger partial charge in [0.2, 0.25) is 5.95 Å². The van der Waals surface area contributed by atoms with Gasteiger partial charge >= 0.3 is 0 Å². The smallest absolute Gasteiger partial charge is 0.223 e. The van der Waals surface area contributed by atoms with E-state index in [0.717, 1.165) is 23.5 Å². The maximum atomic E-state index is 12.8. The van der Waals surface area contributed by atoms with E-state index in [4.69, 9.17) is 23.2 Å². The Morgan fingerprint density at radius 3 is 2.21 bits per heavy atom. The third-order valence-corrected chi connectivity index (χ3v) is 4.02. The van der Waals surface area contributed by atoms with Crippen molar-refractivity contribution in [2.75, 3.05) is 5.32 Å². The Hall–Kier alpha value is -2.31. The number of rotatable bonds is 4. The van der Waals surface area contributed by atoms with Gasteiger partial charge in [-0.1, -0.05) is 29.3 Å². The zero-order chi connectivity index (χ0) is 17.1. The van der Waals surface area contributed by atoms with Crippen LogP contribution in [-0.2, 0) is 0 Å². The summed E-state index contributed by atoms with van der Waals surface area (Å²) in [7, 11) is 0. The van der Waals surface area contributed by atoms with Gasteiger partial charge in [-0.05, 0) is 24.6 Å². The van der Waals surface area contributed by atoms with Crippen molar-refractivity contribution < 1.29 is 4.39 Å². The molecule has 2 heterocycles. The quantitative estimate of drug-likeness (QED) is 0.736. The molecule has 0 saturated carbocycles. The molecule has 1 N–H and O–H groups in total. The van der Waals surface area contributed by atoms with Crippen molar-refractivity contribution in [2.24, 2.45) is 0 Å². The zero-order valence-electron chi connectivity index (χ0n) is 12.5. The summed E-state index contributed by atoms with van der Waals surface area (Å²) >= 11 is 11.9. The van der Waals surface area contributed by atoms with Crippen LogP contribution in [-0.4, -0.2) is 19.9 Å². The molecule has 0 unspecified atom stereocenters. The van der Waals surface area contributed by atoms with E-state index < -0.39 is 5.82 Å². The zero-order valence-corrected chi connectivity index (χ0v) is 14.1. The average Bonchev–Trinajstić information content (AvgIpc) is 2.59. The van der Waals surface area contributed by atoms with Crippen LogP contribution < -0.4 is 5.32 Å². The number of anilines is 1. The molecule has 122 valence electrons. The summed E-state index contributed by atoms with van der Waals surface area (Å²) in [4.78, 5) is 16.4. The Labute approximate surface area is 147 Å². The van der Waals surface area contributed by atoms with Gasteiger partial charge in [0.15, 0.2) is 5.82 Å². The fourth-order valence-electron chi connectivity index (χ4n) is 2.03. The van der Waals surface area contributed by atoms with Gasteiger partial charge in [0.05, 0.1) is 28.5 Å². The Morgan fingerprint density at radius 2 is 1.58 bits per heavy atom. The summed E-state index contributed by atoms with van der Waals surface area (Å²) in [5, 5.41) is 3.98. The third kappa shape index (κ3) is 3.77. The second-order valence-corrected chi connectivity index (χ2v) is 5.86. The molecule has 1 aromatic carbocycles. The Morgan fingerprint density at radius 1 is 0.917 bits per heavy atom. The van der Waals surface area contributed by atoms with Crippen LogP contribution in [0.1, 0.15) is 18.8 Å². The molecule has 0 bridgehead atoms. The van der Waals surface area contributed by atoms with Crippen molar-refractivity contribution in [3.63, 3.8) is 0 Å². The highest BCUT2D eigenvalue weighted by atomic mass is 35.5. The van der Waals surface area contributed by atoms with Crippen LogP contribution >= 0.6 is 23.2 Å². The Bertz CT molecular complexity index is 840. The fraction of sp³-hybridized carbons (Fsp3) is 0.125. The summed E-state index contributed by atoms with van der Waals surface area (Å²) in [6.45, 7) is 1.86. The van der Waals surface area contributed by atoms with E-state index >= 15 is 0 Å². The SMILES string of the molecule is C[C@H](Nc1ncc(F)cn1)c1ncc(-c2ccc(Cl)c(Cl)c2)cn1. The second-order valence-electron chi connectivity index (χ2n) is 5.05. The molecule has 24 heavy (non-hydrogen) atoms. The molecule has 0 radical (unpaired) electrons. The molecule has 0 saturated heterocycles. The highest BCUT2D eigenvalue weighted by molar-refractivity contribution is 6.42. The van der Waals surface area contributed by atoms with Gasteiger partial charge in [0.25, 0.3) is 0 Å². The molecule has 5 nitrogen and oxygen atoms in total. The minimum Gasteiger partial charge on any atom is -0.344 e. The molecule has 3 aromatic rings. The highest BCUT2D eigenvalue weighted by Crippen LogP contribution is 2.28. The maximum absolute atomic E-state index is 12.8. The summed E-state index contributed by atoms with van der Waals surface area (Å²) < 4.78 is 12.8. The predicted molar refractivity (Wildman–Crippen MR) is 91.5 cm³/mol. The molecule has 1 atom stereocenters. The van der Waals surface area contributed by atoms with Crippen molar-refractivity contribution in [3.05, 3.63) is 64.7 Å². The van der Waals surface area contributed by atoms with Crippen molar-refractivity contribution in [1.82, 2.24) is 19.9 Å². The van der Waals surface area contributed by atoms with Crippen LogP contribution in [0.15, 0.2) is 43.0 Å². The number of hydrogen-bond donors (Lipinski definition) is 1. The first-order valence-electron chi connectivity index (χ1n) is 7.04. The monoisotopic (exact) mass is 363 g/mol. The Kier molecular flexibility index (Phi) is 4.87. The molecule has 0 aliphatic heterocycles. The number of nitrogens with one attached hydrogen (secondary N) is 1. The molecule has 0 spiro atoms. The van der Waals surface area contributed by atoms with Crippen molar-refractivity contribution in [3.8, 4) is 11.1 Å². The van der Waals surface area contributed by atoms with Gasteiger partial charge in [-0.2, -0.15) is 0 Å². The van der Waals surface area contributed by atoms with Crippen molar-refractivity contribution in [1.29, 1.82) is 0 Å². The van der Waals surface area contributed by atoms with E-state index in [1.807, 2.05) is 13.0 Å². The first-order chi connectivity index (χ1) is 11.5. The molecule has 0 amide bonds. The lowest BCUT2D eigenvalue weighted by Crippen LogP contribution is -2.12. The summed E-state index contributed by atoms with van der Waals surface area (Å²) in [6.07, 6.45) is 5.59. The molecule has 0 aliphatic carbocycles. The summed E-state index contributed by atoms with van der Waals surface area (Å²) in [5.41, 5.74) is 1.70. The number of aromatic nitrogens is 4. The van der Waals surface area contributed by atoms with Crippen LogP contribution in [0.2, 0.25) is 10.0 Å². The number of halogens is 3. The second kappa shape index (κ2) is 7.07. The maximum Gasteiger partial charge on any atom is 0.223 e. The Balaban J connectivity index is 1.75. The standard InChI is InChI=1S/C16H12Cl2FN5/c1-9(24-16-22-7-12(19)8-23-16)15-20-5-11(6-21-15)10-2-3-13(17)14(18)4-10/h2-9H,1H3,(H,22,23,24)/t9-/m0/s1. The highest BCUT2D eigenvalue weighted by Gasteiger charge is 2.11. The van der Waals surface area contributed by atoms with E-state index in [2.05, 4.69) is 25.3 Å². The van der Waals surface area contributed by atoms with Gasteiger partial charge in [-0.25, -0.2) is 24.3 Å². The van der Waals surface area contributed by atoms with Crippen LogP contribution in [0, 0.1) is 5.82 Å². The molecule has 8 heteroatoms. The minimum absolute atomic E-state index is 0.238. The first-order valence-corrected chi connectivity index (χ1v) is 7.80. The first kappa shape index (κ1) is 16.5. The van der Waals surface area contributed by atoms with Gasteiger partial charge in [-0.15, -0.1) is 0 Å². The van der Waals surface area contributed by atoms with Crippen LogP contribution in [0.5, 0.6) is 0 Å². The van der Waals surface area contributed by atoms with E-state index in [9.17, 15) is 4.39 Å². The molecular weight excluding hydrogens is 352 g/mol. The topological polar surface area (TPSA) is 63.6 Å². The number of benzene rings is 1. The van der Waals surface area contributed by atoms with E-state index in [-0.39, 0.29) is 6.04 Å². The number of nitrogens with zero attached hydrogens (tertiary/aromatic N) is 4. The fourth-order valence-corrected chi connectivity index (χ4v) is 2.33. The lowest BCUT2D eigenvalue weighted by Gasteiger charge is -2.12. The molecule has 2 aromatic heterocycles. The van der Waals surface area contributed by atoms with E-state index in [1.165, 1.54) is 0 Å². The number of hydrogen-bond acceptors (Lipinski definition) is 5. The summed E-state index contributed by atoms with van der Waals surface area (Å²) in [6, 6.07) is 5.10. The minimum atomic E-state index is -0.490. The normalized spacial score (nSPS) is 12.0. The molecule has 0 fully saturated rings. The van der Waals surface area contributed by atoms with E-state index in [0.29, 0.717) is 21.8 Å². The third-order valence-electron chi connectivity index (χ3n) is 3.28. The van der Waals surface area contributed by atoms with Crippen LogP contribution in [0.4, 0.5) is 10.3 Å². The molecular formula is C16H12Cl2FN5. The van der Waals surface area contributed by atoms with Crippen LogP contribution in [0.25, 0.3) is 11.1 Å². The van der Waals surface area contributed by atoms with E-state index in [1.54, 1.807) is 24.5 Å². The molecule has 3 rings (SSSR count). The van der Waals surface area contributed by atoms with Gasteiger partial charge in [-0.3, -0.25) is 0 Å². The van der Waals surface area contributed by atoms with Gasteiger partial charge in [0.1, 0.15) is 5.82 Å². The predicted octanol–water partition coefficient (Wildman–Crippen LogP) is 4.55.